The molecule has 134 valence electrons. The fourth-order valence-electron chi connectivity index (χ4n) is 2.25. The van der Waals surface area contributed by atoms with Gasteiger partial charge in [0.2, 0.25) is 0 Å². The molecule has 0 amide bonds. The molecule has 0 aliphatic rings. The van der Waals surface area contributed by atoms with E-state index in [2.05, 4.69) is 15.0 Å². The van der Waals surface area contributed by atoms with Crippen molar-refractivity contribution in [2.24, 2.45) is 0 Å². The van der Waals surface area contributed by atoms with Crippen molar-refractivity contribution in [3.63, 3.8) is 0 Å². The predicted molar refractivity (Wildman–Crippen MR) is 95.9 cm³/mol. The van der Waals surface area contributed by atoms with Gasteiger partial charge in [-0.15, -0.1) is 0 Å². The third kappa shape index (κ3) is 4.15. The van der Waals surface area contributed by atoms with Crippen LogP contribution in [-0.2, 0) is 10.0 Å². The zero-order chi connectivity index (χ0) is 18.7. The average Bonchev–Trinajstić information content (AvgIpc) is 2.59. The van der Waals surface area contributed by atoms with E-state index in [1.165, 1.54) is 30.5 Å². The third-order valence-electron chi connectivity index (χ3n) is 3.51. The molecule has 0 aliphatic heterocycles. The molecule has 0 saturated carbocycles. The highest BCUT2D eigenvalue weighted by molar-refractivity contribution is 7.92. The first kappa shape index (κ1) is 17.8. The largest absolute Gasteiger partial charge is 0.338 e. The first-order chi connectivity index (χ1) is 12.3. The standard InChI is InChI=1S/C18H15F2N3O2S/c1-12-3-2-4-15(9-12)26(24,25)23-14-6-8-18(21-11-14)22-17-7-5-13(19)10-16(17)20/h2-11,23H,1H3,(H,21,22). The number of nitrogens with zero attached hydrogens (tertiary/aromatic N) is 1. The van der Waals surface area contributed by atoms with Gasteiger partial charge in [0.1, 0.15) is 17.5 Å². The van der Waals surface area contributed by atoms with Gasteiger partial charge in [-0.1, -0.05) is 12.1 Å². The van der Waals surface area contributed by atoms with Crippen LogP contribution in [0.1, 0.15) is 5.56 Å². The van der Waals surface area contributed by atoms with Gasteiger partial charge in [-0.3, -0.25) is 4.72 Å². The lowest BCUT2D eigenvalue weighted by Crippen LogP contribution is -2.13. The molecule has 0 fully saturated rings. The fraction of sp³-hybridized carbons (Fsp3) is 0.0556. The summed E-state index contributed by atoms with van der Waals surface area (Å²) in [6, 6.07) is 12.6. The van der Waals surface area contributed by atoms with Crippen LogP contribution < -0.4 is 10.0 Å². The van der Waals surface area contributed by atoms with Crippen molar-refractivity contribution in [2.75, 3.05) is 10.0 Å². The summed E-state index contributed by atoms with van der Waals surface area (Å²) in [6.07, 6.45) is 1.30. The lowest BCUT2D eigenvalue weighted by Gasteiger charge is -2.10. The minimum atomic E-state index is -3.73. The molecular formula is C18H15F2N3O2S. The van der Waals surface area contributed by atoms with Gasteiger partial charge in [0, 0.05) is 6.07 Å². The molecule has 0 bridgehead atoms. The second-order valence-electron chi connectivity index (χ2n) is 5.60. The summed E-state index contributed by atoms with van der Waals surface area (Å²) in [6.45, 7) is 1.80. The highest BCUT2D eigenvalue weighted by atomic mass is 32.2. The molecule has 0 spiro atoms. The number of pyridine rings is 1. The Hall–Kier alpha value is -3.00. The van der Waals surface area contributed by atoms with Crippen molar-refractivity contribution in [3.8, 4) is 0 Å². The van der Waals surface area contributed by atoms with Crippen LogP contribution in [0.25, 0.3) is 0 Å². The average molecular weight is 375 g/mol. The SMILES string of the molecule is Cc1cccc(S(=O)(=O)Nc2ccc(Nc3ccc(F)cc3F)nc2)c1. The van der Waals surface area contributed by atoms with Crippen molar-refractivity contribution < 1.29 is 17.2 Å². The monoisotopic (exact) mass is 375 g/mol. The Morgan fingerprint density at radius 2 is 1.81 bits per heavy atom. The van der Waals surface area contributed by atoms with Gasteiger partial charge in [0.05, 0.1) is 22.5 Å². The van der Waals surface area contributed by atoms with E-state index in [1.54, 1.807) is 25.1 Å². The van der Waals surface area contributed by atoms with E-state index in [4.69, 9.17) is 0 Å². The third-order valence-corrected chi connectivity index (χ3v) is 4.89. The number of aromatic nitrogens is 1. The number of aryl methyl sites for hydroxylation is 1. The first-order valence-corrected chi connectivity index (χ1v) is 9.09. The molecule has 0 atom stereocenters. The molecule has 0 radical (unpaired) electrons. The van der Waals surface area contributed by atoms with E-state index < -0.39 is 21.7 Å². The summed E-state index contributed by atoms with van der Waals surface area (Å²) in [5, 5.41) is 2.70. The van der Waals surface area contributed by atoms with Gasteiger partial charge in [-0.25, -0.2) is 22.2 Å². The van der Waals surface area contributed by atoms with Crippen LogP contribution in [-0.4, -0.2) is 13.4 Å². The van der Waals surface area contributed by atoms with Crippen LogP contribution in [0.2, 0.25) is 0 Å². The van der Waals surface area contributed by atoms with Gasteiger partial charge in [-0.05, 0) is 48.9 Å². The van der Waals surface area contributed by atoms with Gasteiger partial charge in [0.25, 0.3) is 10.0 Å². The normalized spacial score (nSPS) is 11.2. The van der Waals surface area contributed by atoms with E-state index in [0.717, 1.165) is 17.7 Å². The summed E-state index contributed by atoms with van der Waals surface area (Å²) in [5.41, 5.74) is 1.15. The highest BCUT2D eigenvalue weighted by Crippen LogP contribution is 2.21. The summed E-state index contributed by atoms with van der Waals surface area (Å²) in [4.78, 5) is 4.18. The van der Waals surface area contributed by atoms with Crippen molar-refractivity contribution in [2.45, 2.75) is 11.8 Å². The van der Waals surface area contributed by atoms with E-state index in [1.807, 2.05) is 0 Å². The van der Waals surface area contributed by atoms with E-state index >= 15 is 0 Å². The van der Waals surface area contributed by atoms with E-state index in [9.17, 15) is 17.2 Å². The molecule has 1 aromatic heterocycles. The van der Waals surface area contributed by atoms with Crippen molar-refractivity contribution in [3.05, 3.63) is 78.0 Å². The molecule has 8 heteroatoms. The van der Waals surface area contributed by atoms with Gasteiger partial charge >= 0.3 is 0 Å². The van der Waals surface area contributed by atoms with Crippen molar-refractivity contribution >= 4 is 27.2 Å². The van der Waals surface area contributed by atoms with Crippen LogP contribution in [0.15, 0.2) is 65.7 Å². The minimum Gasteiger partial charge on any atom is -0.338 e. The number of nitrogens with one attached hydrogen (secondary N) is 2. The minimum absolute atomic E-state index is 0.0620. The maximum Gasteiger partial charge on any atom is 0.261 e. The van der Waals surface area contributed by atoms with Gasteiger partial charge in [-0.2, -0.15) is 0 Å². The Bertz CT molecular complexity index is 1040. The number of hydrogen-bond acceptors (Lipinski definition) is 4. The second kappa shape index (κ2) is 7.09. The predicted octanol–water partition coefficient (Wildman–Crippen LogP) is 4.21. The lowest BCUT2D eigenvalue weighted by atomic mass is 10.2. The Balaban J connectivity index is 1.75. The smallest absolute Gasteiger partial charge is 0.261 e. The zero-order valence-corrected chi connectivity index (χ0v) is 14.5. The molecule has 2 aromatic carbocycles. The molecule has 1 heterocycles. The molecule has 0 unspecified atom stereocenters. The van der Waals surface area contributed by atoms with Gasteiger partial charge < -0.3 is 5.32 Å². The van der Waals surface area contributed by atoms with Crippen LogP contribution in [0.4, 0.5) is 26.0 Å². The second-order valence-corrected chi connectivity index (χ2v) is 7.29. The zero-order valence-electron chi connectivity index (χ0n) is 13.7. The number of hydrogen-bond donors (Lipinski definition) is 2. The van der Waals surface area contributed by atoms with Crippen LogP contribution in [0.3, 0.4) is 0 Å². The Kier molecular flexibility index (Phi) is 4.85. The Morgan fingerprint density at radius 3 is 2.46 bits per heavy atom. The lowest BCUT2D eigenvalue weighted by molar-refractivity contribution is 0.586. The molecule has 5 nitrogen and oxygen atoms in total. The molecule has 26 heavy (non-hydrogen) atoms. The maximum absolute atomic E-state index is 13.6. The molecule has 0 aliphatic carbocycles. The van der Waals surface area contributed by atoms with E-state index in [0.29, 0.717) is 0 Å². The molecule has 0 saturated heterocycles. The topological polar surface area (TPSA) is 71.1 Å². The number of anilines is 3. The van der Waals surface area contributed by atoms with Crippen molar-refractivity contribution in [1.29, 1.82) is 0 Å². The molecule has 3 aromatic rings. The number of rotatable bonds is 5. The quantitative estimate of drug-likeness (QED) is 0.701. The molecule has 2 N–H and O–H groups in total. The van der Waals surface area contributed by atoms with Crippen molar-refractivity contribution in [1.82, 2.24) is 4.98 Å². The highest BCUT2D eigenvalue weighted by Gasteiger charge is 2.14. The number of sulfonamides is 1. The number of halogens is 2. The van der Waals surface area contributed by atoms with E-state index in [-0.39, 0.29) is 22.1 Å². The fourth-order valence-corrected chi connectivity index (χ4v) is 3.40. The maximum atomic E-state index is 13.6. The molecule has 3 rings (SSSR count). The van der Waals surface area contributed by atoms with Crippen LogP contribution in [0.5, 0.6) is 0 Å². The first-order valence-electron chi connectivity index (χ1n) is 7.61. The van der Waals surface area contributed by atoms with Crippen LogP contribution >= 0.6 is 0 Å². The summed E-state index contributed by atoms with van der Waals surface area (Å²) in [7, 11) is -3.73. The molecular weight excluding hydrogens is 360 g/mol. The summed E-state index contributed by atoms with van der Waals surface area (Å²) in [5.74, 6) is -1.15. The number of benzene rings is 2. The Labute approximate surface area is 149 Å². The van der Waals surface area contributed by atoms with Crippen LogP contribution in [0, 0.1) is 18.6 Å². The Morgan fingerprint density at radius 1 is 1.00 bits per heavy atom. The summed E-state index contributed by atoms with van der Waals surface area (Å²) >= 11 is 0. The summed E-state index contributed by atoms with van der Waals surface area (Å²) < 4.78 is 53.7. The van der Waals surface area contributed by atoms with Gasteiger partial charge in [0.15, 0.2) is 0 Å².